The summed E-state index contributed by atoms with van der Waals surface area (Å²) >= 11 is 0. The van der Waals surface area contributed by atoms with Crippen LogP contribution in [0.3, 0.4) is 0 Å². The molecule has 0 aromatic rings. The van der Waals surface area contributed by atoms with Crippen molar-refractivity contribution in [2.45, 2.75) is 53.0 Å². The Kier molecular flexibility index (Phi) is 3.97. The van der Waals surface area contributed by atoms with Gasteiger partial charge in [-0.1, -0.05) is 27.7 Å². The van der Waals surface area contributed by atoms with Crippen LogP contribution in [-0.4, -0.2) is 11.9 Å². The van der Waals surface area contributed by atoms with Crippen molar-refractivity contribution < 1.29 is 4.79 Å². The van der Waals surface area contributed by atoms with Crippen LogP contribution in [0.1, 0.15) is 47.0 Å². The smallest absolute Gasteiger partial charge is 0.220 e. The first-order valence-corrected chi connectivity index (χ1v) is 5.78. The summed E-state index contributed by atoms with van der Waals surface area (Å²) in [4.78, 5) is 11.5. The first-order valence-electron chi connectivity index (χ1n) is 5.78. The zero-order valence-corrected chi connectivity index (χ0v) is 9.84. The SMILES string of the molecule is CC(C)CC1CC(=O)NC(C(C)C)C1. The molecule has 1 heterocycles. The fourth-order valence-corrected chi connectivity index (χ4v) is 2.31. The number of amides is 1. The van der Waals surface area contributed by atoms with Gasteiger partial charge < -0.3 is 5.32 Å². The summed E-state index contributed by atoms with van der Waals surface area (Å²) in [5.41, 5.74) is 0. The molecule has 0 bridgehead atoms. The maximum absolute atomic E-state index is 11.5. The van der Waals surface area contributed by atoms with Gasteiger partial charge in [0.1, 0.15) is 0 Å². The summed E-state index contributed by atoms with van der Waals surface area (Å²) in [7, 11) is 0. The predicted molar refractivity (Wildman–Crippen MR) is 58.9 cm³/mol. The van der Waals surface area contributed by atoms with Gasteiger partial charge in [0, 0.05) is 12.5 Å². The van der Waals surface area contributed by atoms with Crippen LogP contribution in [0.4, 0.5) is 0 Å². The molecular formula is C12H23NO. The van der Waals surface area contributed by atoms with Crippen molar-refractivity contribution in [3.05, 3.63) is 0 Å². The van der Waals surface area contributed by atoms with E-state index in [0.717, 1.165) is 6.42 Å². The monoisotopic (exact) mass is 197 g/mol. The third-order valence-electron chi connectivity index (χ3n) is 3.02. The summed E-state index contributed by atoms with van der Waals surface area (Å²) in [6.07, 6.45) is 3.10. The van der Waals surface area contributed by atoms with Gasteiger partial charge in [0.05, 0.1) is 0 Å². The zero-order chi connectivity index (χ0) is 10.7. The van der Waals surface area contributed by atoms with Crippen molar-refractivity contribution in [3.63, 3.8) is 0 Å². The quantitative estimate of drug-likeness (QED) is 0.740. The first-order chi connectivity index (χ1) is 6.49. The number of piperidine rings is 1. The molecule has 1 saturated heterocycles. The van der Waals surface area contributed by atoms with E-state index in [9.17, 15) is 4.79 Å². The minimum Gasteiger partial charge on any atom is -0.353 e. The van der Waals surface area contributed by atoms with E-state index in [4.69, 9.17) is 0 Å². The van der Waals surface area contributed by atoms with E-state index in [1.54, 1.807) is 0 Å². The van der Waals surface area contributed by atoms with Crippen molar-refractivity contribution in [2.24, 2.45) is 17.8 Å². The fourth-order valence-electron chi connectivity index (χ4n) is 2.31. The summed E-state index contributed by atoms with van der Waals surface area (Å²) in [5.74, 6) is 2.13. The van der Waals surface area contributed by atoms with Crippen molar-refractivity contribution in [3.8, 4) is 0 Å². The van der Waals surface area contributed by atoms with E-state index in [1.807, 2.05) is 0 Å². The Morgan fingerprint density at radius 1 is 1.36 bits per heavy atom. The third-order valence-corrected chi connectivity index (χ3v) is 3.02. The molecule has 1 N–H and O–H groups in total. The number of nitrogens with one attached hydrogen (secondary N) is 1. The second kappa shape index (κ2) is 4.81. The molecule has 14 heavy (non-hydrogen) atoms. The van der Waals surface area contributed by atoms with Crippen LogP contribution in [0.25, 0.3) is 0 Å². The van der Waals surface area contributed by atoms with Gasteiger partial charge in [-0.3, -0.25) is 4.79 Å². The Labute approximate surface area is 87.5 Å². The molecule has 0 aromatic carbocycles. The molecule has 2 heteroatoms. The molecule has 1 rings (SSSR count). The van der Waals surface area contributed by atoms with Crippen molar-refractivity contribution in [1.82, 2.24) is 5.32 Å². The van der Waals surface area contributed by atoms with Crippen LogP contribution in [-0.2, 0) is 4.79 Å². The molecule has 2 nitrogen and oxygen atoms in total. The van der Waals surface area contributed by atoms with E-state index in [0.29, 0.717) is 23.8 Å². The van der Waals surface area contributed by atoms with E-state index in [1.165, 1.54) is 12.8 Å². The lowest BCUT2D eigenvalue weighted by Gasteiger charge is -2.33. The zero-order valence-electron chi connectivity index (χ0n) is 9.84. The second-order valence-corrected chi connectivity index (χ2v) is 5.35. The molecule has 2 unspecified atom stereocenters. The maximum Gasteiger partial charge on any atom is 0.220 e. The van der Waals surface area contributed by atoms with Crippen LogP contribution in [0.5, 0.6) is 0 Å². The van der Waals surface area contributed by atoms with Crippen LogP contribution < -0.4 is 5.32 Å². The minimum atomic E-state index is 0.251. The highest BCUT2D eigenvalue weighted by Crippen LogP contribution is 2.26. The third kappa shape index (κ3) is 3.32. The molecule has 0 radical (unpaired) electrons. The molecule has 0 aliphatic carbocycles. The normalized spacial score (nSPS) is 28.3. The summed E-state index contributed by atoms with van der Waals surface area (Å²) < 4.78 is 0. The molecule has 1 aliphatic rings. The van der Waals surface area contributed by atoms with Crippen LogP contribution in [0.15, 0.2) is 0 Å². The lowest BCUT2D eigenvalue weighted by molar-refractivity contribution is -0.125. The number of hydrogen-bond acceptors (Lipinski definition) is 1. The Morgan fingerprint density at radius 2 is 2.00 bits per heavy atom. The van der Waals surface area contributed by atoms with E-state index in [-0.39, 0.29) is 5.91 Å². The summed E-state index contributed by atoms with van der Waals surface area (Å²) in [6, 6.07) is 0.403. The van der Waals surface area contributed by atoms with Crippen molar-refractivity contribution in [1.29, 1.82) is 0 Å². The Hall–Kier alpha value is -0.530. The average molecular weight is 197 g/mol. The standard InChI is InChI=1S/C12H23NO/c1-8(2)5-10-6-11(9(3)4)13-12(14)7-10/h8-11H,5-7H2,1-4H3,(H,13,14). The largest absolute Gasteiger partial charge is 0.353 e. The van der Waals surface area contributed by atoms with Gasteiger partial charge in [-0.2, -0.15) is 0 Å². The first kappa shape index (κ1) is 11.5. The molecule has 0 aromatic heterocycles. The topological polar surface area (TPSA) is 29.1 Å². The van der Waals surface area contributed by atoms with Crippen molar-refractivity contribution in [2.75, 3.05) is 0 Å². The van der Waals surface area contributed by atoms with E-state index >= 15 is 0 Å². The Balaban J connectivity index is 2.49. The Morgan fingerprint density at radius 3 is 2.50 bits per heavy atom. The van der Waals surface area contributed by atoms with Gasteiger partial charge in [-0.15, -0.1) is 0 Å². The minimum absolute atomic E-state index is 0.251. The predicted octanol–water partition coefficient (Wildman–Crippen LogP) is 2.58. The van der Waals surface area contributed by atoms with Gasteiger partial charge in [0.25, 0.3) is 0 Å². The van der Waals surface area contributed by atoms with Gasteiger partial charge in [0.2, 0.25) is 5.91 Å². The number of carbonyl (C=O) groups excluding carboxylic acids is 1. The summed E-state index contributed by atoms with van der Waals surface area (Å²) in [6.45, 7) is 8.83. The lowest BCUT2D eigenvalue weighted by atomic mass is 9.82. The molecule has 1 fully saturated rings. The molecule has 82 valence electrons. The van der Waals surface area contributed by atoms with Crippen LogP contribution in [0, 0.1) is 17.8 Å². The highest BCUT2D eigenvalue weighted by atomic mass is 16.1. The van der Waals surface area contributed by atoms with Gasteiger partial charge >= 0.3 is 0 Å². The number of rotatable bonds is 3. The molecule has 2 atom stereocenters. The van der Waals surface area contributed by atoms with Crippen LogP contribution in [0.2, 0.25) is 0 Å². The van der Waals surface area contributed by atoms with E-state index in [2.05, 4.69) is 33.0 Å². The van der Waals surface area contributed by atoms with Gasteiger partial charge in [0.15, 0.2) is 0 Å². The molecule has 1 aliphatic heterocycles. The fraction of sp³-hybridized carbons (Fsp3) is 0.917. The molecule has 0 spiro atoms. The Bertz CT molecular complexity index is 198. The van der Waals surface area contributed by atoms with Gasteiger partial charge in [-0.05, 0) is 30.6 Å². The highest BCUT2D eigenvalue weighted by molar-refractivity contribution is 5.77. The van der Waals surface area contributed by atoms with Crippen molar-refractivity contribution >= 4 is 5.91 Å². The molecule has 0 saturated carbocycles. The van der Waals surface area contributed by atoms with E-state index < -0.39 is 0 Å². The lowest BCUT2D eigenvalue weighted by Crippen LogP contribution is -2.45. The maximum atomic E-state index is 11.5. The molecule has 1 amide bonds. The summed E-state index contributed by atoms with van der Waals surface area (Å²) in [5, 5.41) is 3.08. The van der Waals surface area contributed by atoms with Gasteiger partial charge in [-0.25, -0.2) is 0 Å². The average Bonchev–Trinajstić information content (AvgIpc) is 2.01. The number of carbonyl (C=O) groups is 1. The van der Waals surface area contributed by atoms with Crippen LogP contribution >= 0.6 is 0 Å². The second-order valence-electron chi connectivity index (χ2n) is 5.35. The molecular weight excluding hydrogens is 174 g/mol. The number of hydrogen-bond donors (Lipinski definition) is 1. The highest BCUT2D eigenvalue weighted by Gasteiger charge is 2.28.